The molecule has 1 saturated heterocycles. The minimum atomic E-state index is -0.340. The monoisotopic (exact) mass is 461 g/mol. The van der Waals surface area contributed by atoms with E-state index in [1.165, 1.54) is 40.5 Å². The van der Waals surface area contributed by atoms with Gasteiger partial charge in [0.05, 0.1) is 17.8 Å². The molecule has 0 bridgehead atoms. The summed E-state index contributed by atoms with van der Waals surface area (Å²) in [6, 6.07) is 9.95. The van der Waals surface area contributed by atoms with Crippen LogP contribution in [0.15, 0.2) is 41.2 Å². The van der Waals surface area contributed by atoms with Crippen molar-refractivity contribution in [2.75, 3.05) is 25.4 Å². The number of aromatic nitrogens is 5. The lowest BCUT2D eigenvalue weighted by Crippen LogP contribution is -2.35. The fraction of sp³-hybridized carbons (Fsp3) is 0.360. The highest BCUT2D eigenvalue weighted by atomic mass is 19.1. The van der Waals surface area contributed by atoms with E-state index in [2.05, 4.69) is 14.9 Å². The second-order valence-electron chi connectivity index (χ2n) is 8.91. The quantitative estimate of drug-likeness (QED) is 0.489. The molecule has 176 valence electrons. The summed E-state index contributed by atoms with van der Waals surface area (Å²) >= 11 is 0. The van der Waals surface area contributed by atoms with Crippen molar-refractivity contribution in [2.24, 2.45) is 0 Å². The molecule has 34 heavy (non-hydrogen) atoms. The van der Waals surface area contributed by atoms with Gasteiger partial charge in [-0.2, -0.15) is 0 Å². The highest BCUT2D eigenvalue weighted by molar-refractivity contribution is 5.90. The van der Waals surface area contributed by atoms with Gasteiger partial charge in [-0.1, -0.05) is 6.42 Å². The number of nitrogen functional groups attached to an aromatic ring is 1. The Morgan fingerprint density at radius 1 is 0.941 bits per heavy atom. The molecule has 0 radical (unpaired) electrons. The number of fused-ring (bicyclic) bond motifs is 1. The Labute approximate surface area is 196 Å². The van der Waals surface area contributed by atoms with Crippen LogP contribution >= 0.6 is 0 Å². The summed E-state index contributed by atoms with van der Waals surface area (Å²) in [5, 5.41) is 4.72. The molecule has 5 rings (SSSR count). The Morgan fingerprint density at radius 3 is 2.29 bits per heavy atom. The van der Waals surface area contributed by atoms with Gasteiger partial charge in [0.2, 0.25) is 5.95 Å². The number of pyridine rings is 1. The molecule has 4 heterocycles. The second kappa shape index (κ2) is 8.98. The Kier molecular flexibility index (Phi) is 5.87. The van der Waals surface area contributed by atoms with Crippen LogP contribution in [0.25, 0.3) is 28.0 Å². The molecule has 0 saturated carbocycles. The molecule has 0 aliphatic carbocycles. The summed E-state index contributed by atoms with van der Waals surface area (Å²) in [6.45, 7) is 7.14. The zero-order valence-corrected chi connectivity index (χ0v) is 19.5. The van der Waals surface area contributed by atoms with E-state index in [1.54, 1.807) is 12.1 Å². The van der Waals surface area contributed by atoms with Gasteiger partial charge in [-0.05, 0) is 81.7 Å². The van der Waals surface area contributed by atoms with Crippen LogP contribution in [0.4, 0.5) is 10.3 Å². The number of benzene rings is 1. The molecule has 3 aromatic heterocycles. The highest BCUT2D eigenvalue weighted by Gasteiger charge is 2.22. The normalized spacial score (nSPS) is 14.7. The van der Waals surface area contributed by atoms with E-state index in [0.717, 1.165) is 36.6 Å². The number of nitrogens with zero attached hydrogens (tertiary/aromatic N) is 6. The van der Waals surface area contributed by atoms with E-state index in [9.17, 15) is 9.18 Å². The zero-order chi connectivity index (χ0) is 23.8. The van der Waals surface area contributed by atoms with Crippen molar-refractivity contribution in [1.82, 2.24) is 29.0 Å². The van der Waals surface area contributed by atoms with E-state index < -0.39 is 0 Å². The van der Waals surface area contributed by atoms with Gasteiger partial charge in [-0.3, -0.25) is 4.98 Å². The maximum absolute atomic E-state index is 13.6. The van der Waals surface area contributed by atoms with Crippen LogP contribution in [0.3, 0.4) is 0 Å². The smallest absolute Gasteiger partial charge is 0.353 e. The van der Waals surface area contributed by atoms with Crippen LogP contribution in [0.1, 0.15) is 30.7 Å². The lowest BCUT2D eigenvalue weighted by molar-refractivity contribution is 0.217. The standard InChI is InChI=1S/C25H28FN7O/c1-16-14-19(15-17(2)28-16)21-22(18-6-8-20(26)9-7-18)29-24(27)33-23(21)30-32(25(33)34)13-12-31-10-4-3-5-11-31/h6-9,14-15H,3-5,10-13H2,1-2H3,(H2,27,29). The third-order valence-electron chi connectivity index (χ3n) is 6.32. The van der Waals surface area contributed by atoms with Crippen molar-refractivity contribution in [3.63, 3.8) is 0 Å². The predicted octanol–water partition coefficient (Wildman–Crippen LogP) is 3.44. The first-order valence-electron chi connectivity index (χ1n) is 11.6. The average Bonchev–Trinajstić information content (AvgIpc) is 3.14. The summed E-state index contributed by atoms with van der Waals surface area (Å²) in [6.07, 6.45) is 3.62. The molecule has 0 unspecified atom stereocenters. The van der Waals surface area contributed by atoms with Crippen molar-refractivity contribution in [3.05, 3.63) is 64.1 Å². The Balaban J connectivity index is 1.70. The van der Waals surface area contributed by atoms with Crippen molar-refractivity contribution >= 4 is 11.6 Å². The van der Waals surface area contributed by atoms with Crippen LogP contribution in [-0.4, -0.2) is 48.7 Å². The second-order valence-corrected chi connectivity index (χ2v) is 8.91. The lowest BCUT2D eigenvalue weighted by atomic mass is 9.99. The molecule has 0 spiro atoms. The van der Waals surface area contributed by atoms with E-state index >= 15 is 0 Å². The summed E-state index contributed by atoms with van der Waals surface area (Å²) in [5.74, 6) is -0.289. The number of aryl methyl sites for hydroxylation is 2. The van der Waals surface area contributed by atoms with Gasteiger partial charge in [0.1, 0.15) is 5.82 Å². The van der Waals surface area contributed by atoms with Gasteiger partial charge in [0, 0.05) is 23.5 Å². The van der Waals surface area contributed by atoms with E-state index in [0.29, 0.717) is 29.0 Å². The number of hydrogen-bond donors (Lipinski definition) is 1. The zero-order valence-electron chi connectivity index (χ0n) is 19.5. The number of nitrogens with two attached hydrogens (primary N) is 1. The first kappa shape index (κ1) is 22.2. The van der Waals surface area contributed by atoms with Crippen molar-refractivity contribution in [2.45, 2.75) is 39.7 Å². The molecule has 1 aromatic carbocycles. The number of halogens is 1. The van der Waals surface area contributed by atoms with Gasteiger partial charge >= 0.3 is 5.69 Å². The lowest BCUT2D eigenvalue weighted by Gasteiger charge is -2.25. The highest BCUT2D eigenvalue weighted by Crippen LogP contribution is 2.35. The van der Waals surface area contributed by atoms with Gasteiger partial charge < -0.3 is 10.6 Å². The van der Waals surface area contributed by atoms with E-state index in [4.69, 9.17) is 10.8 Å². The molecular formula is C25H28FN7O. The number of hydrogen-bond acceptors (Lipinski definition) is 6. The molecule has 0 atom stereocenters. The molecule has 4 aromatic rings. The van der Waals surface area contributed by atoms with Crippen LogP contribution in [-0.2, 0) is 6.54 Å². The third kappa shape index (κ3) is 4.19. The minimum Gasteiger partial charge on any atom is -0.369 e. The van der Waals surface area contributed by atoms with Gasteiger partial charge in [-0.15, -0.1) is 5.10 Å². The first-order valence-corrected chi connectivity index (χ1v) is 11.6. The first-order chi connectivity index (χ1) is 16.4. The average molecular weight is 462 g/mol. The topological polar surface area (TPSA) is 94.3 Å². The van der Waals surface area contributed by atoms with Crippen molar-refractivity contribution < 1.29 is 4.39 Å². The predicted molar refractivity (Wildman–Crippen MR) is 130 cm³/mol. The van der Waals surface area contributed by atoms with Gasteiger partial charge in [0.15, 0.2) is 5.65 Å². The molecule has 0 amide bonds. The van der Waals surface area contributed by atoms with Gasteiger partial charge in [-0.25, -0.2) is 23.3 Å². The SMILES string of the molecule is Cc1cc(-c2c(-c3ccc(F)cc3)nc(N)n3c(=O)n(CCN4CCCCC4)nc23)cc(C)n1. The molecular weight excluding hydrogens is 433 g/mol. The van der Waals surface area contributed by atoms with Crippen LogP contribution < -0.4 is 11.4 Å². The fourth-order valence-electron chi connectivity index (χ4n) is 4.73. The third-order valence-corrected chi connectivity index (χ3v) is 6.32. The maximum atomic E-state index is 13.6. The minimum absolute atomic E-state index is 0.0507. The summed E-state index contributed by atoms with van der Waals surface area (Å²) < 4.78 is 16.5. The summed E-state index contributed by atoms with van der Waals surface area (Å²) in [5.41, 5.74) is 10.8. The molecule has 1 aliphatic heterocycles. The Hall–Kier alpha value is -3.59. The number of piperidine rings is 1. The maximum Gasteiger partial charge on any atom is 0.353 e. The van der Waals surface area contributed by atoms with Crippen LogP contribution in [0, 0.1) is 19.7 Å². The number of likely N-dealkylation sites (tertiary alicyclic amines) is 1. The molecule has 1 fully saturated rings. The van der Waals surface area contributed by atoms with E-state index in [-0.39, 0.29) is 17.5 Å². The van der Waals surface area contributed by atoms with E-state index in [1.807, 2.05) is 26.0 Å². The van der Waals surface area contributed by atoms with Crippen molar-refractivity contribution in [3.8, 4) is 22.4 Å². The fourth-order valence-corrected chi connectivity index (χ4v) is 4.73. The molecule has 9 heteroatoms. The summed E-state index contributed by atoms with van der Waals surface area (Å²) in [4.78, 5) is 24.7. The molecule has 2 N–H and O–H groups in total. The Morgan fingerprint density at radius 2 is 1.62 bits per heavy atom. The Bertz CT molecular complexity index is 1380. The molecule has 8 nitrogen and oxygen atoms in total. The van der Waals surface area contributed by atoms with Crippen LogP contribution in [0.5, 0.6) is 0 Å². The van der Waals surface area contributed by atoms with Crippen molar-refractivity contribution in [1.29, 1.82) is 0 Å². The number of anilines is 1. The van der Waals surface area contributed by atoms with Gasteiger partial charge in [0.25, 0.3) is 0 Å². The molecule has 1 aliphatic rings. The van der Waals surface area contributed by atoms with Crippen LogP contribution in [0.2, 0.25) is 0 Å². The summed E-state index contributed by atoms with van der Waals surface area (Å²) in [7, 11) is 0. The largest absolute Gasteiger partial charge is 0.369 e. The number of rotatable bonds is 5.